The SMILES string of the molecule is COc1cc(-c2cc(C(=O)Nc3ccc(-c4nnc5n4CCCCC5)cc3)c3ccccc3n2)cc(OC)c1OC. The number of hydrogen-bond donors (Lipinski definition) is 1. The Kier molecular flexibility index (Phi) is 7.24. The summed E-state index contributed by atoms with van der Waals surface area (Å²) in [6.07, 6.45) is 4.44. The molecule has 5 aromatic rings. The quantitative estimate of drug-likeness (QED) is 0.259. The monoisotopic (exact) mass is 549 g/mol. The maximum absolute atomic E-state index is 13.7. The third-order valence-electron chi connectivity index (χ3n) is 7.43. The van der Waals surface area contributed by atoms with Crippen LogP contribution in [0.5, 0.6) is 17.2 Å². The first-order valence-electron chi connectivity index (χ1n) is 13.6. The number of aryl methyl sites for hydroxylation is 1. The number of rotatable bonds is 7. The Morgan fingerprint density at radius 2 is 1.59 bits per heavy atom. The molecule has 1 aliphatic heterocycles. The fourth-order valence-corrected chi connectivity index (χ4v) is 5.34. The van der Waals surface area contributed by atoms with Crippen LogP contribution in [0.2, 0.25) is 0 Å². The molecule has 6 rings (SSSR count). The Morgan fingerprint density at radius 1 is 0.829 bits per heavy atom. The van der Waals surface area contributed by atoms with Gasteiger partial charge in [-0.2, -0.15) is 0 Å². The molecule has 41 heavy (non-hydrogen) atoms. The fraction of sp³-hybridized carbons (Fsp3) is 0.250. The molecule has 0 atom stereocenters. The summed E-state index contributed by atoms with van der Waals surface area (Å²) in [5.74, 6) is 3.18. The van der Waals surface area contributed by atoms with Crippen LogP contribution in [0.1, 0.15) is 35.4 Å². The molecule has 0 saturated heterocycles. The van der Waals surface area contributed by atoms with Gasteiger partial charge in [-0.15, -0.1) is 10.2 Å². The molecule has 1 N–H and O–H groups in total. The van der Waals surface area contributed by atoms with Crippen LogP contribution < -0.4 is 19.5 Å². The normalized spacial score (nSPS) is 12.9. The van der Waals surface area contributed by atoms with Crippen molar-refractivity contribution in [2.24, 2.45) is 0 Å². The average Bonchev–Trinajstić information content (AvgIpc) is 3.27. The third kappa shape index (κ3) is 5.06. The number of aromatic nitrogens is 4. The molecular weight excluding hydrogens is 518 g/mol. The second kappa shape index (κ2) is 11.3. The van der Waals surface area contributed by atoms with Crippen LogP contribution in [-0.2, 0) is 13.0 Å². The minimum absolute atomic E-state index is 0.235. The van der Waals surface area contributed by atoms with Crippen LogP contribution in [-0.4, -0.2) is 47.0 Å². The Labute approximate surface area is 238 Å². The topological polar surface area (TPSA) is 100 Å². The number of amides is 1. The Balaban J connectivity index is 1.32. The highest BCUT2D eigenvalue weighted by Gasteiger charge is 2.19. The van der Waals surface area contributed by atoms with Crippen LogP contribution in [0, 0.1) is 0 Å². The van der Waals surface area contributed by atoms with Gasteiger partial charge in [0.05, 0.1) is 38.1 Å². The summed E-state index contributed by atoms with van der Waals surface area (Å²) in [5, 5.41) is 12.7. The van der Waals surface area contributed by atoms with Crippen LogP contribution in [0.3, 0.4) is 0 Å². The van der Waals surface area contributed by atoms with Gasteiger partial charge in [-0.3, -0.25) is 4.79 Å². The number of carbonyl (C=O) groups excluding carboxylic acids is 1. The van der Waals surface area contributed by atoms with E-state index < -0.39 is 0 Å². The van der Waals surface area contributed by atoms with Crippen molar-refractivity contribution in [2.45, 2.75) is 32.2 Å². The number of carbonyl (C=O) groups is 1. The van der Waals surface area contributed by atoms with Crippen LogP contribution in [0.25, 0.3) is 33.5 Å². The molecular formula is C32H31N5O4. The summed E-state index contributed by atoms with van der Waals surface area (Å²) in [4.78, 5) is 18.5. The highest BCUT2D eigenvalue weighted by Crippen LogP contribution is 2.41. The summed E-state index contributed by atoms with van der Waals surface area (Å²) >= 11 is 0. The molecule has 0 aliphatic carbocycles. The molecule has 0 spiro atoms. The molecule has 208 valence electrons. The molecule has 1 aliphatic rings. The first-order valence-corrected chi connectivity index (χ1v) is 13.6. The molecule has 0 unspecified atom stereocenters. The molecule has 0 radical (unpaired) electrons. The van der Waals surface area contributed by atoms with E-state index in [9.17, 15) is 4.79 Å². The molecule has 0 saturated carbocycles. The lowest BCUT2D eigenvalue weighted by molar-refractivity contribution is 0.102. The van der Waals surface area contributed by atoms with E-state index in [1.165, 1.54) is 6.42 Å². The minimum Gasteiger partial charge on any atom is -0.493 e. The summed E-state index contributed by atoms with van der Waals surface area (Å²) in [6.45, 7) is 0.930. The largest absolute Gasteiger partial charge is 0.493 e. The second-order valence-corrected chi connectivity index (χ2v) is 9.92. The molecule has 0 fully saturated rings. The standard InChI is InChI=1S/C32H31N5O4/c1-39-27-17-21(18-28(40-2)30(27)41-3)26-19-24(23-9-6-7-10-25(23)34-26)32(38)33-22-14-12-20(13-15-22)31-36-35-29-11-5-4-8-16-37(29)31/h6-7,9-10,12-15,17-19H,4-5,8,11,16H2,1-3H3,(H,33,38). The van der Waals surface area contributed by atoms with Gasteiger partial charge in [-0.05, 0) is 61.4 Å². The van der Waals surface area contributed by atoms with Crippen LogP contribution >= 0.6 is 0 Å². The summed E-state index contributed by atoms with van der Waals surface area (Å²) in [5.41, 5.74) is 4.21. The van der Waals surface area contributed by atoms with E-state index in [1.54, 1.807) is 27.4 Å². The van der Waals surface area contributed by atoms with Gasteiger partial charge < -0.3 is 24.1 Å². The van der Waals surface area contributed by atoms with Gasteiger partial charge in [-0.1, -0.05) is 24.6 Å². The molecule has 3 aromatic carbocycles. The number of benzene rings is 3. The first kappa shape index (κ1) is 26.3. The van der Waals surface area contributed by atoms with Crippen LogP contribution in [0.4, 0.5) is 5.69 Å². The van der Waals surface area contributed by atoms with E-state index >= 15 is 0 Å². The highest BCUT2D eigenvalue weighted by molar-refractivity contribution is 6.13. The van der Waals surface area contributed by atoms with Crippen molar-refractivity contribution in [1.82, 2.24) is 19.7 Å². The number of ether oxygens (including phenoxy) is 3. The summed E-state index contributed by atoms with van der Waals surface area (Å²) in [6, 6.07) is 20.8. The number of nitrogens with one attached hydrogen (secondary N) is 1. The van der Waals surface area contributed by atoms with E-state index in [-0.39, 0.29) is 5.91 Å². The van der Waals surface area contributed by atoms with Crippen molar-refractivity contribution in [3.63, 3.8) is 0 Å². The van der Waals surface area contributed by atoms with Gasteiger partial charge in [0.1, 0.15) is 5.82 Å². The third-order valence-corrected chi connectivity index (χ3v) is 7.43. The highest BCUT2D eigenvalue weighted by atomic mass is 16.5. The van der Waals surface area contributed by atoms with E-state index in [0.717, 1.165) is 54.0 Å². The Morgan fingerprint density at radius 3 is 2.32 bits per heavy atom. The fourth-order valence-electron chi connectivity index (χ4n) is 5.34. The predicted molar refractivity (Wildman–Crippen MR) is 158 cm³/mol. The predicted octanol–water partition coefficient (Wildman–Crippen LogP) is 6.16. The zero-order valence-electron chi connectivity index (χ0n) is 23.3. The number of methoxy groups -OCH3 is 3. The van der Waals surface area contributed by atoms with Gasteiger partial charge in [-0.25, -0.2) is 4.98 Å². The second-order valence-electron chi connectivity index (χ2n) is 9.92. The smallest absolute Gasteiger partial charge is 0.256 e. The lowest BCUT2D eigenvalue weighted by Gasteiger charge is -2.15. The van der Waals surface area contributed by atoms with Gasteiger partial charge in [0.15, 0.2) is 17.3 Å². The molecule has 1 amide bonds. The molecule has 3 heterocycles. The number of para-hydroxylation sites is 1. The number of pyridine rings is 1. The van der Waals surface area contributed by atoms with Crippen molar-refractivity contribution < 1.29 is 19.0 Å². The number of fused-ring (bicyclic) bond motifs is 2. The van der Waals surface area contributed by atoms with Gasteiger partial charge in [0.2, 0.25) is 5.75 Å². The molecule has 2 aromatic heterocycles. The van der Waals surface area contributed by atoms with Gasteiger partial charge in [0.25, 0.3) is 5.91 Å². The minimum atomic E-state index is -0.235. The number of nitrogens with zero attached hydrogens (tertiary/aromatic N) is 4. The van der Waals surface area contributed by atoms with E-state index in [0.29, 0.717) is 39.7 Å². The maximum atomic E-state index is 13.7. The first-order chi connectivity index (χ1) is 20.1. The van der Waals surface area contributed by atoms with Crippen molar-refractivity contribution >= 4 is 22.5 Å². The molecule has 9 heteroatoms. The van der Waals surface area contributed by atoms with Crippen molar-refractivity contribution in [3.05, 3.63) is 78.1 Å². The van der Waals surface area contributed by atoms with Crippen molar-refractivity contribution in [1.29, 1.82) is 0 Å². The molecule has 9 nitrogen and oxygen atoms in total. The average molecular weight is 550 g/mol. The van der Waals surface area contributed by atoms with E-state index in [1.807, 2.05) is 60.7 Å². The summed E-state index contributed by atoms with van der Waals surface area (Å²) < 4.78 is 18.8. The Bertz CT molecular complexity index is 1700. The zero-order valence-corrected chi connectivity index (χ0v) is 23.3. The van der Waals surface area contributed by atoms with Crippen LogP contribution in [0.15, 0.2) is 66.7 Å². The number of anilines is 1. The van der Waals surface area contributed by atoms with Crippen molar-refractivity contribution in [2.75, 3.05) is 26.6 Å². The summed E-state index contributed by atoms with van der Waals surface area (Å²) in [7, 11) is 4.70. The van der Waals surface area contributed by atoms with E-state index in [4.69, 9.17) is 19.2 Å². The lowest BCUT2D eigenvalue weighted by atomic mass is 10.0. The Hall–Kier alpha value is -4.92. The number of hydrogen-bond acceptors (Lipinski definition) is 7. The molecule has 0 bridgehead atoms. The lowest BCUT2D eigenvalue weighted by Crippen LogP contribution is -2.13. The van der Waals surface area contributed by atoms with Gasteiger partial charge in [0, 0.05) is 35.2 Å². The maximum Gasteiger partial charge on any atom is 0.256 e. The van der Waals surface area contributed by atoms with Gasteiger partial charge >= 0.3 is 0 Å². The van der Waals surface area contributed by atoms with E-state index in [2.05, 4.69) is 20.1 Å². The van der Waals surface area contributed by atoms with Crippen molar-refractivity contribution in [3.8, 4) is 39.9 Å². The zero-order chi connectivity index (χ0) is 28.3.